The molecule has 1 amide bonds. The predicted molar refractivity (Wildman–Crippen MR) is 66.2 cm³/mol. The van der Waals surface area contributed by atoms with Gasteiger partial charge in [-0.15, -0.1) is 11.3 Å². The van der Waals surface area contributed by atoms with Gasteiger partial charge in [0, 0.05) is 11.1 Å². The molecule has 0 fully saturated rings. The van der Waals surface area contributed by atoms with Gasteiger partial charge < -0.3 is 11.1 Å². The van der Waals surface area contributed by atoms with E-state index in [1.54, 1.807) is 17.5 Å². The van der Waals surface area contributed by atoms with E-state index in [-0.39, 0.29) is 11.9 Å². The maximum absolute atomic E-state index is 11.6. The van der Waals surface area contributed by atoms with Crippen LogP contribution in [0.25, 0.3) is 0 Å². The van der Waals surface area contributed by atoms with Crippen molar-refractivity contribution in [3.63, 3.8) is 0 Å². The fourth-order valence-corrected chi connectivity index (χ4v) is 2.08. The van der Waals surface area contributed by atoms with E-state index >= 15 is 0 Å². The number of carbonyl (C=O) groups is 1. The van der Waals surface area contributed by atoms with Gasteiger partial charge in [-0.05, 0) is 13.3 Å². The molecule has 1 atom stereocenters. The number of nitrogens with one attached hydrogen (secondary N) is 1. The molecule has 0 unspecified atom stereocenters. The Hall–Kier alpha value is -0.940. The summed E-state index contributed by atoms with van der Waals surface area (Å²) in [6, 6.07) is -0.381. The summed E-state index contributed by atoms with van der Waals surface area (Å²) in [6.07, 6.45) is 4.60. The third-order valence-corrected chi connectivity index (χ3v) is 3.22. The van der Waals surface area contributed by atoms with Crippen LogP contribution in [0.2, 0.25) is 0 Å². The minimum absolute atomic E-state index is 0.0699. The highest BCUT2D eigenvalue weighted by Gasteiger charge is 2.12. The third-order valence-electron chi connectivity index (χ3n) is 2.31. The second kappa shape index (κ2) is 6.60. The van der Waals surface area contributed by atoms with Gasteiger partial charge in [-0.25, -0.2) is 4.98 Å². The fraction of sp³-hybridized carbons (Fsp3) is 0.636. The van der Waals surface area contributed by atoms with Crippen LogP contribution in [-0.2, 0) is 11.3 Å². The fourth-order valence-electron chi connectivity index (χ4n) is 1.35. The van der Waals surface area contributed by atoms with Crippen LogP contribution in [0.1, 0.15) is 36.1 Å². The second-order valence-electron chi connectivity index (χ2n) is 3.81. The van der Waals surface area contributed by atoms with Crippen LogP contribution in [0, 0.1) is 6.92 Å². The van der Waals surface area contributed by atoms with Gasteiger partial charge in [0.15, 0.2) is 0 Å². The molecule has 1 aromatic rings. The highest BCUT2D eigenvalue weighted by atomic mass is 32.1. The van der Waals surface area contributed by atoms with Gasteiger partial charge in [-0.2, -0.15) is 0 Å². The smallest absolute Gasteiger partial charge is 0.237 e. The minimum atomic E-state index is -0.381. The first-order valence-corrected chi connectivity index (χ1v) is 6.39. The molecule has 1 heterocycles. The van der Waals surface area contributed by atoms with Gasteiger partial charge in [0.25, 0.3) is 0 Å². The summed E-state index contributed by atoms with van der Waals surface area (Å²) < 4.78 is 0. The Morgan fingerprint density at radius 2 is 2.44 bits per heavy atom. The zero-order chi connectivity index (χ0) is 12.0. The van der Waals surface area contributed by atoms with E-state index in [0.717, 1.165) is 29.1 Å². The van der Waals surface area contributed by atoms with Crippen LogP contribution in [0.15, 0.2) is 6.20 Å². The second-order valence-corrected chi connectivity index (χ2v) is 5.13. The normalized spacial score (nSPS) is 12.4. The lowest BCUT2D eigenvalue weighted by Gasteiger charge is -2.10. The molecule has 0 aliphatic heterocycles. The Morgan fingerprint density at radius 1 is 1.69 bits per heavy atom. The van der Waals surface area contributed by atoms with Crippen LogP contribution >= 0.6 is 11.3 Å². The Bertz CT molecular complexity index is 338. The molecule has 1 rings (SSSR count). The molecule has 0 saturated heterocycles. The molecule has 0 saturated carbocycles. The number of amides is 1. The molecule has 0 spiro atoms. The van der Waals surface area contributed by atoms with Crippen molar-refractivity contribution in [1.82, 2.24) is 10.3 Å². The van der Waals surface area contributed by atoms with Crippen molar-refractivity contribution in [2.75, 3.05) is 0 Å². The van der Waals surface area contributed by atoms with Gasteiger partial charge in [0.1, 0.15) is 0 Å². The Balaban J connectivity index is 2.29. The topological polar surface area (TPSA) is 68.0 Å². The molecule has 16 heavy (non-hydrogen) atoms. The van der Waals surface area contributed by atoms with Crippen LogP contribution in [0.5, 0.6) is 0 Å². The summed E-state index contributed by atoms with van der Waals surface area (Å²) in [4.78, 5) is 16.8. The summed E-state index contributed by atoms with van der Waals surface area (Å²) in [5, 5.41) is 3.84. The van der Waals surface area contributed by atoms with Crippen molar-refractivity contribution in [3.05, 3.63) is 16.1 Å². The summed E-state index contributed by atoms with van der Waals surface area (Å²) in [6.45, 7) is 4.57. The molecule has 1 aromatic heterocycles. The monoisotopic (exact) mass is 241 g/mol. The van der Waals surface area contributed by atoms with Crippen LogP contribution in [-0.4, -0.2) is 16.9 Å². The first-order chi connectivity index (χ1) is 7.63. The molecule has 0 radical (unpaired) electrons. The standard InChI is InChI=1S/C11H19N3OS/c1-3-4-5-10(12)11(15)14-7-9-6-13-8(2)16-9/h6,10H,3-5,7,12H2,1-2H3,(H,14,15)/t10-/m0/s1. The molecule has 90 valence electrons. The lowest BCUT2D eigenvalue weighted by atomic mass is 10.1. The van der Waals surface area contributed by atoms with E-state index in [0.29, 0.717) is 6.54 Å². The summed E-state index contributed by atoms with van der Waals surface area (Å²) in [5.41, 5.74) is 5.75. The van der Waals surface area contributed by atoms with E-state index in [4.69, 9.17) is 5.73 Å². The van der Waals surface area contributed by atoms with Crippen LogP contribution in [0.4, 0.5) is 0 Å². The molecule has 5 heteroatoms. The van der Waals surface area contributed by atoms with E-state index in [9.17, 15) is 4.79 Å². The van der Waals surface area contributed by atoms with Gasteiger partial charge >= 0.3 is 0 Å². The van der Waals surface area contributed by atoms with Crippen LogP contribution < -0.4 is 11.1 Å². The van der Waals surface area contributed by atoms with Crippen LogP contribution in [0.3, 0.4) is 0 Å². The summed E-state index contributed by atoms with van der Waals surface area (Å²) in [5.74, 6) is -0.0699. The van der Waals surface area contributed by atoms with Gasteiger partial charge in [0.05, 0.1) is 17.6 Å². The number of hydrogen-bond acceptors (Lipinski definition) is 4. The van der Waals surface area contributed by atoms with Crippen molar-refractivity contribution in [2.24, 2.45) is 5.73 Å². The number of aromatic nitrogens is 1. The Kier molecular flexibility index (Phi) is 5.42. The number of nitrogens with zero attached hydrogens (tertiary/aromatic N) is 1. The number of carbonyl (C=O) groups excluding carboxylic acids is 1. The number of hydrogen-bond donors (Lipinski definition) is 2. The number of nitrogens with two attached hydrogens (primary N) is 1. The minimum Gasteiger partial charge on any atom is -0.350 e. The molecule has 3 N–H and O–H groups in total. The maximum atomic E-state index is 11.6. The molecule has 0 bridgehead atoms. The first-order valence-electron chi connectivity index (χ1n) is 5.58. The van der Waals surface area contributed by atoms with Gasteiger partial charge in [-0.3, -0.25) is 4.79 Å². The van der Waals surface area contributed by atoms with Gasteiger partial charge in [-0.1, -0.05) is 19.8 Å². The van der Waals surface area contributed by atoms with E-state index in [2.05, 4.69) is 17.2 Å². The molecule has 0 aromatic carbocycles. The number of unbranched alkanes of at least 4 members (excludes halogenated alkanes) is 1. The van der Waals surface area contributed by atoms with E-state index < -0.39 is 0 Å². The highest BCUT2D eigenvalue weighted by Crippen LogP contribution is 2.10. The average molecular weight is 241 g/mol. The Morgan fingerprint density at radius 3 is 3.00 bits per heavy atom. The highest BCUT2D eigenvalue weighted by molar-refractivity contribution is 7.11. The molecule has 0 aliphatic carbocycles. The maximum Gasteiger partial charge on any atom is 0.237 e. The van der Waals surface area contributed by atoms with Crippen molar-refractivity contribution < 1.29 is 4.79 Å². The summed E-state index contributed by atoms with van der Waals surface area (Å²) in [7, 11) is 0. The molecule has 0 aliphatic rings. The number of aryl methyl sites for hydroxylation is 1. The largest absolute Gasteiger partial charge is 0.350 e. The summed E-state index contributed by atoms with van der Waals surface area (Å²) >= 11 is 1.59. The van der Waals surface area contributed by atoms with Crippen molar-refractivity contribution in [3.8, 4) is 0 Å². The van der Waals surface area contributed by atoms with E-state index in [1.165, 1.54) is 0 Å². The third kappa shape index (κ3) is 4.28. The predicted octanol–water partition coefficient (Wildman–Crippen LogP) is 1.59. The lowest BCUT2D eigenvalue weighted by Crippen LogP contribution is -2.40. The lowest BCUT2D eigenvalue weighted by molar-refractivity contribution is -0.122. The van der Waals surface area contributed by atoms with Crippen molar-refractivity contribution in [1.29, 1.82) is 0 Å². The Labute approximate surface area is 100 Å². The zero-order valence-corrected chi connectivity index (χ0v) is 10.6. The molecular weight excluding hydrogens is 222 g/mol. The quantitative estimate of drug-likeness (QED) is 0.794. The molecule has 4 nitrogen and oxygen atoms in total. The SMILES string of the molecule is CCCC[C@H](N)C(=O)NCc1cnc(C)s1. The first kappa shape index (κ1) is 13.1. The van der Waals surface area contributed by atoms with E-state index in [1.807, 2.05) is 6.92 Å². The number of thiazole rings is 1. The van der Waals surface area contributed by atoms with Crippen molar-refractivity contribution >= 4 is 17.2 Å². The average Bonchev–Trinajstić information content (AvgIpc) is 2.68. The zero-order valence-electron chi connectivity index (χ0n) is 9.82. The number of rotatable bonds is 6. The molecular formula is C11H19N3OS. The van der Waals surface area contributed by atoms with Gasteiger partial charge in [0.2, 0.25) is 5.91 Å². The van der Waals surface area contributed by atoms with Crippen molar-refractivity contribution in [2.45, 2.75) is 45.7 Å².